The van der Waals surface area contributed by atoms with E-state index in [0.29, 0.717) is 24.3 Å². The normalized spacial score (nSPS) is 14.3. The standard InChI is InChI=1S/C14H19N3O3/c15-11-9-10(14(19)20)3-4-12(11)16-6-5-13(18)17-7-1-2-8-17/h3-4,9,16H,1-2,5-8,15H2,(H,19,20). The number of nitrogens with one attached hydrogen (secondary N) is 1. The molecular weight excluding hydrogens is 258 g/mol. The number of amides is 1. The molecular formula is C14H19N3O3. The third-order valence-corrected chi connectivity index (χ3v) is 3.41. The molecule has 0 radical (unpaired) electrons. The Morgan fingerprint density at radius 3 is 2.60 bits per heavy atom. The molecule has 1 aliphatic heterocycles. The van der Waals surface area contributed by atoms with Crippen molar-refractivity contribution in [3.05, 3.63) is 23.8 Å². The van der Waals surface area contributed by atoms with Gasteiger partial charge >= 0.3 is 5.97 Å². The molecule has 0 saturated carbocycles. The second-order valence-electron chi connectivity index (χ2n) is 4.87. The summed E-state index contributed by atoms with van der Waals surface area (Å²) in [6.45, 7) is 2.20. The molecule has 2 rings (SSSR count). The van der Waals surface area contributed by atoms with Gasteiger partial charge in [-0.15, -0.1) is 0 Å². The van der Waals surface area contributed by atoms with Crippen LogP contribution in [0.3, 0.4) is 0 Å². The minimum Gasteiger partial charge on any atom is -0.478 e. The molecule has 4 N–H and O–H groups in total. The molecule has 1 fully saturated rings. The number of hydrogen-bond acceptors (Lipinski definition) is 4. The first-order valence-corrected chi connectivity index (χ1v) is 6.72. The van der Waals surface area contributed by atoms with E-state index in [9.17, 15) is 9.59 Å². The van der Waals surface area contributed by atoms with Gasteiger partial charge in [0.2, 0.25) is 5.91 Å². The van der Waals surface area contributed by atoms with Crippen molar-refractivity contribution in [3.8, 4) is 0 Å². The summed E-state index contributed by atoms with van der Waals surface area (Å²) in [5, 5.41) is 11.9. The molecule has 6 nitrogen and oxygen atoms in total. The largest absolute Gasteiger partial charge is 0.478 e. The van der Waals surface area contributed by atoms with Crippen LogP contribution in [0, 0.1) is 0 Å². The quantitative estimate of drug-likeness (QED) is 0.707. The molecule has 20 heavy (non-hydrogen) atoms. The van der Waals surface area contributed by atoms with Crippen LogP contribution in [0.15, 0.2) is 18.2 Å². The summed E-state index contributed by atoms with van der Waals surface area (Å²) in [4.78, 5) is 24.5. The Morgan fingerprint density at radius 2 is 2.00 bits per heavy atom. The van der Waals surface area contributed by atoms with Crippen LogP contribution in [0.25, 0.3) is 0 Å². The van der Waals surface area contributed by atoms with E-state index in [2.05, 4.69) is 5.32 Å². The molecule has 108 valence electrons. The molecule has 1 aromatic rings. The molecule has 0 unspecified atom stereocenters. The average Bonchev–Trinajstić information content (AvgIpc) is 2.94. The summed E-state index contributed by atoms with van der Waals surface area (Å²) in [6.07, 6.45) is 2.59. The van der Waals surface area contributed by atoms with E-state index in [1.54, 1.807) is 6.07 Å². The van der Waals surface area contributed by atoms with Crippen molar-refractivity contribution < 1.29 is 14.7 Å². The Hall–Kier alpha value is -2.24. The number of aromatic carboxylic acids is 1. The Bertz CT molecular complexity index is 510. The molecule has 1 saturated heterocycles. The van der Waals surface area contributed by atoms with Gasteiger partial charge in [0, 0.05) is 26.1 Å². The zero-order valence-electron chi connectivity index (χ0n) is 11.3. The maximum absolute atomic E-state index is 11.8. The van der Waals surface area contributed by atoms with Crippen LogP contribution >= 0.6 is 0 Å². The number of carbonyl (C=O) groups is 2. The summed E-state index contributed by atoms with van der Waals surface area (Å²) < 4.78 is 0. The van der Waals surface area contributed by atoms with Gasteiger partial charge < -0.3 is 21.1 Å². The molecule has 0 spiro atoms. The van der Waals surface area contributed by atoms with Gasteiger partial charge in [0.25, 0.3) is 0 Å². The number of likely N-dealkylation sites (tertiary alicyclic amines) is 1. The fourth-order valence-electron chi connectivity index (χ4n) is 2.29. The van der Waals surface area contributed by atoms with Gasteiger partial charge in [0.05, 0.1) is 16.9 Å². The summed E-state index contributed by atoms with van der Waals surface area (Å²) in [6, 6.07) is 4.52. The van der Waals surface area contributed by atoms with E-state index < -0.39 is 5.97 Å². The highest BCUT2D eigenvalue weighted by molar-refractivity contribution is 5.90. The summed E-state index contributed by atoms with van der Waals surface area (Å²) in [5.74, 6) is -0.858. The lowest BCUT2D eigenvalue weighted by Crippen LogP contribution is -2.29. The smallest absolute Gasteiger partial charge is 0.335 e. The van der Waals surface area contributed by atoms with E-state index in [1.165, 1.54) is 12.1 Å². The van der Waals surface area contributed by atoms with Crippen molar-refractivity contribution >= 4 is 23.3 Å². The topological polar surface area (TPSA) is 95.7 Å². The fourth-order valence-corrected chi connectivity index (χ4v) is 2.29. The van der Waals surface area contributed by atoms with E-state index >= 15 is 0 Å². The predicted molar refractivity (Wildman–Crippen MR) is 76.7 cm³/mol. The van der Waals surface area contributed by atoms with Crippen molar-refractivity contribution in [1.29, 1.82) is 0 Å². The predicted octanol–water partition coefficient (Wildman–Crippen LogP) is 1.39. The first-order chi connectivity index (χ1) is 9.58. The number of carbonyl (C=O) groups excluding carboxylic acids is 1. The lowest BCUT2D eigenvalue weighted by Gasteiger charge is -2.16. The second-order valence-corrected chi connectivity index (χ2v) is 4.87. The molecule has 0 aromatic heterocycles. The van der Waals surface area contributed by atoms with E-state index in [4.69, 9.17) is 10.8 Å². The molecule has 0 atom stereocenters. The van der Waals surface area contributed by atoms with E-state index in [-0.39, 0.29) is 11.5 Å². The number of rotatable bonds is 5. The molecule has 0 aliphatic carbocycles. The highest BCUT2D eigenvalue weighted by Crippen LogP contribution is 2.20. The van der Waals surface area contributed by atoms with Gasteiger partial charge in [-0.25, -0.2) is 4.79 Å². The van der Waals surface area contributed by atoms with E-state index in [1.807, 2.05) is 4.90 Å². The molecule has 0 bridgehead atoms. The number of nitrogen functional groups attached to an aromatic ring is 1. The second kappa shape index (κ2) is 6.27. The van der Waals surface area contributed by atoms with E-state index in [0.717, 1.165) is 25.9 Å². The van der Waals surface area contributed by atoms with Crippen LogP contribution in [0.5, 0.6) is 0 Å². The third kappa shape index (κ3) is 3.40. The maximum Gasteiger partial charge on any atom is 0.335 e. The van der Waals surface area contributed by atoms with Crippen molar-refractivity contribution in [1.82, 2.24) is 4.90 Å². The van der Waals surface area contributed by atoms with Gasteiger partial charge in [-0.05, 0) is 31.0 Å². The zero-order chi connectivity index (χ0) is 14.5. The lowest BCUT2D eigenvalue weighted by molar-refractivity contribution is -0.129. The Labute approximate surface area is 117 Å². The summed E-state index contributed by atoms with van der Waals surface area (Å²) >= 11 is 0. The van der Waals surface area contributed by atoms with Crippen LogP contribution in [-0.4, -0.2) is 41.5 Å². The number of nitrogens with zero attached hydrogens (tertiary/aromatic N) is 1. The van der Waals surface area contributed by atoms with Crippen LogP contribution in [-0.2, 0) is 4.79 Å². The third-order valence-electron chi connectivity index (χ3n) is 3.41. The average molecular weight is 277 g/mol. The van der Waals surface area contributed by atoms with Crippen molar-refractivity contribution in [2.45, 2.75) is 19.3 Å². The van der Waals surface area contributed by atoms with Crippen LogP contribution in [0.2, 0.25) is 0 Å². The van der Waals surface area contributed by atoms with Crippen molar-refractivity contribution in [3.63, 3.8) is 0 Å². The monoisotopic (exact) mass is 277 g/mol. The Kier molecular flexibility index (Phi) is 4.45. The minimum absolute atomic E-state index is 0.149. The van der Waals surface area contributed by atoms with Gasteiger partial charge in [-0.3, -0.25) is 4.79 Å². The number of anilines is 2. The van der Waals surface area contributed by atoms with Crippen molar-refractivity contribution in [2.24, 2.45) is 0 Å². The number of carboxylic acid groups (broad SMARTS) is 1. The maximum atomic E-state index is 11.8. The molecule has 1 heterocycles. The van der Waals surface area contributed by atoms with Gasteiger partial charge in [-0.2, -0.15) is 0 Å². The number of carboxylic acids is 1. The Morgan fingerprint density at radius 1 is 1.30 bits per heavy atom. The molecule has 6 heteroatoms. The van der Waals surface area contributed by atoms with Crippen molar-refractivity contribution in [2.75, 3.05) is 30.7 Å². The first-order valence-electron chi connectivity index (χ1n) is 6.72. The van der Waals surface area contributed by atoms with Gasteiger partial charge in [0.15, 0.2) is 0 Å². The molecule has 1 aromatic carbocycles. The lowest BCUT2D eigenvalue weighted by atomic mass is 10.1. The summed E-state index contributed by atoms with van der Waals surface area (Å²) in [5.41, 5.74) is 6.96. The SMILES string of the molecule is Nc1cc(C(=O)O)ccc1NCCC(=O)N1CCCC1. The Balaban J connectivity index is 1.84. The molecule has 1 aliphatic rings. The fraction of sp³-hybridized carbons (Fsp3) is 0.429. The molecule has 1 amide bonds. The highest BCUT2D eigenvalue weighted by atomic mass is 16.4. The van der Waals surface area contributed by atoms with Gasteiger partial charge in [0.1, 0.15) is 0 Å². The minimum atomic E-state index is -1.01. The first kappa shape index (κ1) is 14.2. The zero-order valence-corrected chi connectivity index (χ0v) is 11.3. The number of benzene rings is 1. The number of hydrogen-bond donors (Lipinski definition) is 3. The van der Waals surface area contributed by atoms with Crippen LogP contribution < -0.4 is 11.1 Å². The van der Waals surface area contributed by atoms with Crippen LogP contribution in [0.4, 0.5) is 11.4 Å². The number of nitrogens with two attached hydrogens (primary N) is 1. The summed E-state index contributed by atoms with van der Waals surface area (Å²) in [7, 11) is 0. The highest BCUT2D eigenvalue weighted by Gasteiger charge is 2.17. The van der Waals surface area contributed by atoms with Crippen LogP contribution in [0.1, 0.15) is 29.6 Å². The van der Waals surface area contributed by atoms with Gasteiger partial charge in [-0.1, -0.05) is 0 Å².